The summed E-state index contributed by atoms with van der Waals surface area (Å²) in [6, 6.07) is 24.1. The molecular formula is C31H32N8O. The second-order valence-corrected chi connectivity index (χ2v) is 10.2. The third-order valence-corrected chi connectivity index (χ3v) is 7.49. The van der Waals surface area contributed by atoms with Crippen LogP contribution in [0.3, 0.4) is 0 Å². The largest absolute Gasteiger partial charge is 0.382 e. The van der Waals surface area contributed by atoms with Crippen LogP contribution in [0.15, 0.2) is 97.6 Å². The van der Waals surface area contributed by atoms with Crippen molar-refractivity contribution in [2.45, 2.75) is 37.8 Å². The maximum absolute atomic E-state index is 13.6. The summed E-state index contributed by atoms with van der Waals surface area (Å²) in [5, 5.41) is 19.2. The zero-order valence-electron chi connectivity index (χ0n) is 22.5. The summed E-state index contributed by atoms with van der Waals surface area (Å²) in [4.78, 5) is 17.7. The number of carbonyl (C=O) groups is 1. The number of anilines is 2. The van der Waals surface area contributed by atoms with Gasteiger partial charge in [0.25, 0.3) is 0 Å². The molecule has 202 valence electrons. The van der Waals surface area contributed by atoms with Crippen LogP contribution in [0.1, 0.15) is 29.9 Å². The van der Waals surface area contributed by atoms with E-state index in [1.807, 2.05) is 68.7 Å². The summed E-state index contributed by atoms with van der Waals surface area (Å²) in [6.45, 7) is 1.97. The number of rotatable bonds is 7. The maximum atomic E-state index is 13.6. The number of nitrogens with zero attached hydrogens (tertiary/aromatic N) is 5. The number of benzene rings is 2. The fourth-order valence-electron chi connectivity index (χ4n) is 5.60. The second kappa shape index (κ2) is 11.1. The zero-order valence-corrected chi connectivity index (χ0v) is 22.5. The van der Waals surface area contributed by atoms with Gasteiger partial charge in [-0.25, -0.2) is 9.48 Å². The number of urea groups is 1. The molecule has 9 nitrogen and oxygen atoms in total. The van der Waals surface area contributed by atoms with E-state index in [1.165, 1.54) is 5.56 Å². The first-order chi connectivity index (χ1) is 19.5. The number of para-hydroxylation sites is 1. The van der Waals surface area contributed by atoms with Gasteiger partial charge in [-0.2, -0.15) is 10.2 Å². The number of hydrogen-bond acceptors (Lipinski definition) is 5. The molecule has 3 N–H and O–H groups in total. The highest BCUT2D eigenvalue weighted by Gasteiger charge is 2.36. The van der Waals surface area contributed by atoms with Crippen molar-refractivity contribution in [2.75, 3.05) is 10.6 Å². The Kier molecular flexibility index (Phi) is 7.01. The van der Waals surface area contributed by atoms with E-state index in [9.17, 15) is 4.79 Å². The summed E-state index contributed by atoms with van der Waals surface area (Å²) >= 11 is 0. The highest BCUT2D eigenvalue weighted by atomic mass is 16.2. The van der Waals surface area contributed by atoms with Crippen molar-refractivity contribution in [3.63, 3.8) is 0 Å². The molecule has 2 amide bonds. The summed E-state index contributed by atoms with van der Waals surface area (Å²) in [6.07, 6.45) is 8.98. The van der Waals surface area contributed by atoms with Gasteiger partial charge in [0.15, 0.2) is 0 Å². The molecule has 3 aromatic heterocycles. The molecule has 0 bridgehead atoms. The van der Waals surface area contributed by atoms with Crippen molar-refractivity contribution in [3.8, 4) is 16.9 Å². The Balaban J connectivity index is 1.26. The van der Waals surface area contributed by atoms with E-state index in [2.05, 4.69) is 50.3 Å². The molecule has 1 aliphatic rings. The SMILES string of the molecule is Cc1c(-c2cnn(C)c2)nn(-c2ccccc2)c1NC(=O)N[C@@H]1C[C@@H](Nc2ccncc2)C[C@H]1c1ccccc1. The van der Waals surface area contributed by atoms with Crippen LogP contribution in [0.4, 0.5) is 16.3 Å². The van der Waals surface area contributed by atoms with Gasteiger partial charge in [-0.15, -0.1) is 0 Å². The Hall–Kier alpha value is -4.92. The average Bonchev–Trinajstić information content (AvgIpc) is 3.67. The molecule has 5 aromatic rings. The van der Waals surface area contributed by atoms with Crippen molar-refractivity contribution < 1.29 is 4.79 Å². The molecule has 1 saturated carbocycles. The second-order valence-electron chi connectivity index (χ2n) is 10.2. The van der Waals surface area contributed by atoms with Crippen molar-refractivity contribution in [1.82, 2.24) is 29.9 Å². The number of hydrogen-bond donors (Lipinski definition) is 3. The monoisotopic (exact) mass is 532 g/mol. The minimum Gasteiger partial charge on any atom is -0.382 e. The molecule has 0 spiro atoms. The fraction of sp³-hybridized carbons (Fsp3) is 0.226. The number of carbonyl (C=O) groups excluding carboxylic acids is 1. The van der Waals surface area contributed by atoms with Crippen LogP contribution >= 0.6 is 0 Å². The lowest BCUT2D eigenvalue weighted by atomic mass is 9.94. The van der Waals surface area contributed by atoms with Crippen LogP contribution in [0.2, 0.25) is 0 Å². The summed E-state index contributed by atoms with van der Waals surface area (Å²) in [7, 11) is 1.88. The Morgan fingerprint density at radius 3 is 2.38 bits per heavy atom. The maximum Gasteiger partial charge on any atom is 0.320 e. The molecule has 3 heterocycles. The Morgan fingerprint density at radius 2 is 1.68 bits per heavy atom. The van der Waals surface area contributed by atoms with Gasteiger partial charge < -0.3 is 10.6 Å². The first-order valence-electron chi connectivity index (χ1n) is 13.5. The number of aromatic nitrogens is 5. The standard InChI is InChI=1S/C31H32N8O/c1-21-29(23-19-33-38(2)20-23)37-39(26-11-7-4-8-12-26)30(21)36-31(40)35-28-18-25(34-24-13-15-32-16-14-24)17-27(28)22-9-5-3-6-10-22/h3-16,19-20,25,27-28H,17-18H2,1-2H3,(H,32,34)(H2,35,36,40)/t25-,27-,28+/m0/s1. The number of nitrogens with one attached hydrogen (secondary N) is 3. The molecule has 3 atom stereocenters. The van der Waals surface area contributed by atoms with Gasteiger partial charge in [0.05, 0.1) is 11.9 Å². The number of aryl methyl sites for hydroxylation is 1. The molecule has 0 aliphatic heterocycles. The number of pyridine rings is 1. The summed E-state index contributed by atoms with van der Waals surface area (Å²) in [5.74, 6) is 0.806. The summed E-state index contributed by atoms with van der Waals surface area (Å²) in [5.41, 5.74) is 5.65. The van der Waals surface area contributed by atoms with Crippen molar-refractivity contribution >= 4 is 17.5 Å². The first-order valence-corrected chi connectivity index (χ1v) is 13.5. The number of amides is 2. The van der Waals surface area contributed by atoms with Gasteiger partial charge in [-0.1, -0.05) is 48.5 Å². The van der Waals surface area contributed by atoms with E-state index in [4.69, 9.17) is 5.10 Å². The van der Waals surface area contributed by atoms with E-state index >= 15 is 0 Å². The van der Waals surface area contributed by atoms with Crippen LogP contribution in [-0.4, -0.2) is 42.7 Å². The lowest BCUT2D eigenvalue weighted by Crippen LogP contribution is -2.40. The van der Waals surface area contributed by atoms with E-state index in [1.54, 1.807) is 28.0 Å². The lowest BCUT2D eigenvalue weighted by Gasteiger charge is -2.21. The van der Waals surface area contributed by atoms with Gasteiger partial charge >= 0.3 is 6.03 Å². The highest BCUT2D eigenvalue weighted by molar-refractivity contribution is 5.91. The van der Waals surface area contributed by atoms with Gasteiger partial charge in [0, 0.05) is 60.5 Å². The molecule has 1 fully saturated rings. The lowest BCUT2D eigenvalue weighted by molar-refractivity contribution is 0.247. The van der Waals surface area contributed by atoms with Crippen LogP contribution < -0.4 is 16.0 Å². The Labute approximate surface area is 233 Å². The van der Waals surface area contributed by atoms with Crippen molar-refractivity contribution in [2.24, 2.45) is 7.05 Å². The van der Waals surface area contributed by atoms with E-state index in [0.717, 1.165) is 41.0 Å². The minimum atomic E-state index is -0.256. The van der Waals surface area contributed by atoms with Gasteiger partial charge in [0.2, 0.25) is 0 Å². The highest BCUT2D eigenvalue weighted by Crippen LogP contribution is 2.37. The third kappa shape index (κ3) is 5.31. The minimum absolute atomic E-state index is 0.0482. The zero-order chi connectivity index (χ0) is 27.5. The van der Waals surface area contributed by atoms with Crippen LogP contribution in [-0.2, 0) is 7.05 Å². The van der Waals surface area contributed by atoms with Gasteiger partial charge in [-0.3, -0.25) is 15.0 Å². The first kappa shape index (κ1) is 25.4. The molecule has 40 heavy (non-hydrogen) atoms. The predicted molar refractivity (Wildman–Crippen MR) is 157 cm³/mol. The average molecular weight is 533 g/mol. The quantitative estimate of drug-likeness (QED) is 0.256. The Morgan fingerprint density at radius 1 is 0.950 bits per heavy atom. The smallest absolute Gasteiger partial charge is 0.320 e. The van der Waals surface area contributed by atoms with Crippen molar-refractivity contribution in [1.29, 1.82) is 0 Å². The molecule has 1 aliphatic carbocycles. The van der Waals surface area contributed by atoms with Crippen molar-refractivity contribution in [3.05, 3.63) is 109 Å². The topological polar surface area (TPSA) is 102 Å². The molecular weight excluding hydrogens is 500 g/mol. The normalized spacial score (nSPS) is 18.4. The summed E-state index contributed by atoms with van der Waals surface area (Å²) < 4.78 is 3.53. The van der Waals surface area contributed by atoms with Gasteiger partial charge in [-0.05, 0) is 49.6 Å². The van der Waals surface area contributed by atoms with E-state index in [0.29, 0.717) is 5.82 Å². The molecule has 0 radical (unpaired) electrons. The van der Waals surface area contributed by atoms with Crippen LogP contribution in [0.5, 0.6) is 0 Å². The third-order valence-electron chi connectivity index (χ3n) is 7.49. The molecule has 0 unspecified atom stereocenters. The fourth-order valence-corrected chi connectivity index (χ4v) is 5.60. The van der Waals surface area contributed by atoms with Gasteiger partial charge in [0.1, 0.15) is 11.5 Å². The molecule has 6 rings (SSSR count). The van der Waals surface area contributed by atoms with Crippen LogP contribution in [0.25, 0.3) is 16.9 Å². The van der Waals surface area contributed by atoms with E-state index < -0.39 is 0 Å². The predicted octanol–water partition coefficient (Wildman–Crippen LogP) is 5.52. The molecule has 9 heteroatoms. The molecule has 0 saturated heterocycles. The van der Waals surface area contributed by atoms with Crippen LogP contribution in [0, 0.1) is 6.92 Å². The Bertz CT molecular complexity index is 1580. The van der Waals surface area contributed by atoms with E-state index in [-0.39, 0.29) is 24.0 Å². The molecule has 2 aromatic carbocycles.